The highest BCUT2D eigenvalue weighted by Gasteiger charge is 2.12. The number of rotatable bonds is 6. The van der Waals surface area contributed by atoms with E-state index >= 15 is 0 Å². The molecule has 0 spiro atoms. The van der Waals surface area contributed by atoms with Crippen LogP contribution in [0.1, 0.15) is 37.7 Å². The molecule has 16 heavy (non-hydrogen) atoms. The van der Waals surface area contributed by atoms with Crippen LogP contribution in [0, 0.1) is 0 Å². The van der Waals surface area contributed by atoms with E-state index < -0.39 is 0 Å². The van der Waals surface area contributed by atoms with E-state index in [0.717, 1.165) is 19.7 Å². The molecule has 1 fully saturated rings. The zero-order chi connectivity index (χ0) is 11.1. The number of hydrogen-bond acceptors (Lipinski definition) is 3. The van der Waals surface area contributed by atoms with Gasteiger partial charge >= 0.3 is 0 Å². The molecule has 3 heteroatoms. The van der Waals surface area contributed by atoms with Crippen molar-refractivity contribution in [3.8, 4) is 0 Å². The van der Waals surface area contributed by atoms with Gasteiger partial charge in [0.1, 0.15) is 0 Å². The number of ether oxygens (including phenoxy) is 1. The maximum absolute atomic E-state index is 5.84. The molecule has 1 aromatic rings. The summed E-state index contributed by atoms with van der Waals surface area (Å²) in [7, 11) is 0. The van der Waals surface area contributed by atoms with Gasteiger partial charge in [-0.25, -0.2) is 0 Å². The second-order valence-electron chi connectivity index (χ2n) is 4.44. The first-order chi connectivity index (χ1) is 7.95. The Hall–Kier alpha value is -0.380. The Morgan fingerprint density at radius 3 is 2.94 bits per heavy atom. The SMILES string of the molecule is c1cc(CNCCOC2CCCCC2)cs1. The smallest absolute Gasteiger partial charge is 0.0594 e. The van der Waals surface area contributed by atoms with Crippen LogP contribution < -0.4 is 5.32 Å². The minimum absolute atomic E-state index is 0.539. The summed E-state index contributed by atoms with van der Waals surface area (Å²) < 4.78 is 5.84. The number of nitrogens with one attached hydrogen (secondary N) is 1. The molecule has 2 nitrogen and oxygen atoms in total. The van der Waals surface area contributed by atoms with Gasteiger partial charge in [-0.3, -0.25) is 0 Å². The predicted molar refractivity (Wildman–Crippen MR) is 68.9 cm³/mol. The van der Waals surface area contributed by atoms with Crippen molar-refractivity contribution in [1.29, 1.82) is 0 Å². The molecule has 0 aliphatic heterocycles. The van der Waals surface area contributed by atoms with Gasteiger partial charge < -0.3 is 10.1 Å². The summed E-state index contributed by atoms with van der Waals surface area (Å²) in [4.78, 5) is 0. The van der Waals surface area contributed by atoms with Crippen LogP contribution in [0.3, 0.4) is 0 Å². The number of hydrogen-bond donors (Lipinski definition) is 1. The van der Waals surface area contributed by atoms with Crippen LogP contribution in [0.25, 0.3) is 0 Å². The Bertz CT molecular complexity index is 267. The quantitative estimate of drug-likeness (QED) is 0.770. The molecule has 1 aromatic heterocycles. The standard InChI is InChI=1S/C13H21NOS/c1-2-4-13(5-3-1)15-8-7-14-10-12-6-9-16-11-12/h6,9,11,13-14H,1-5,7-8,10H2. The molecule has 0 radical (unpaired) electrons. The van der Waals surface area contributed by atoms with Crippen LogP contribution in [0.15, 0.2) is 16.8 Å². The topological polar surface area (TPSA) is 21.3 Å². The molecule has 0 saturated heterocycles. The first-order valence-electron chi connectivity index (χ1n) is 6.28. The fourth-order valence-electron chi connectivity index (χ4n) is 2.16. The maximum atomic E-state index is 5.84. The molecule has 0 atom stereocenters. The van der Waals surface area contributed by atoms with Gasteiger partial charge in [0.2, 0.25) is 0 Å². The van der Waals surface area contributed by atoms with Gasteiger partial charge in [-0.15, -0.1) is 0 Å². The first-order valence-corrected chi connectivity index (χ1v) is 7.23. The van der Waals surface area contributed by atoms with E-state index in [-0.39, 0.29) is 0 Å². The third-order valence-corrected chi connectivity index (χ3v) is 3.83. The zero-order valence-corrected chi connectivity index (χ0v) is 10.6. The minimum atomic E-state index is 0.539. The van der Waals surface area contributed by atoms with E-state index in [1.165, 1.54) is 37.7 Å². The van der Waals surface area contributed by atoms with Gasteiger partial charge in [-0.2, -0.15) is 11.3 Å². The van der Waals surface area contributed by atoms with Gasteiger partial charge in [-0.05, 0) is 35.2 Å². The van der Waals surface area contributed by atoms with Crippen LogP contribution >= 0.6 is 11.3 Å². The first kappa shape index (κ1) is 12.1. The van der Waals surface area contributed by atoms with Crippen molar-refractivity contribution in [3.05, 3.63) is 22.4 Å². The van der Waals surface area contributed by atoms with Crippen LogP contribution in [-0.2, 0) is 11.3 Å². The largest absolute Gasteiger partial charge is 0.377 e. The lowest BCUT2D eigenvalue weighted by Gasteiger charge is -2.21. The van der Waals surface area contributed by atoms with Gasteiger partial charge in [0.05, 0.1) is 12.7 Å². The molecule has 1 N–H and O–H groups in total. The van der Waals surface area contributed by atoms with Crippen LogP contribution in [-0.4, -0.2) is 19.3 Å². The van der Waals surface area contributed by atoms with Gasteiger partial charge in [-0.1, -0.05) is 19.3 Å². The molecule has 90 valence electrons. The lowest BCUT2D eigenvalue weighted by molar-refractivity contribution is 0.0302. The molecule has 1 aliphatic rings. The second-order valence-corrected chi connectivity index (χ2v) is 5.22. The molecule has 0 amide bonds. The Kier molecular flexibility index (Phi) is 5.32. The monoisotopic (exact) mass is 239 g/mol. The molecule has 1 aliphatic carbocycles. The lowest BCUT2D eigenvalue weighted by atomic mass is 9.98. The Labute approximate surface area is 102 Å². The highest BCUT2D eigenvalue weighted by Crippen LogP contribution is 2.19. The van der Waals surface area contributed by atoms with E-state index in [1.807, 2.05) is 0 Å². The third-order valence-electron chi connectivity index (χ3n) is 3.09. The third kappa shape index (κ3) is 4.24. The van der Waals surface area contributed by atoms with Crippen molar-refractivity contribution in [3.63, 3.8) is 0 Å². The minimum Gasteiger partial charge on any atom is -0.377 e. The van der Waals surface area contributed by atoms with E-state index in [4.69, 9.17) is 4.74 Å². The Morgan fingerprint density at radius 1 is 1.31 bits per heavy atom. The van der Waals surface area contributed by atoms with E-state index in [1.54, 1.807) is 11.3 Å². The highest BCUT2D eigenvalue weighted by atomic mass is 32.1. The van der Waals surface area contributed by atoms with Crippen molar-refractivity contribution >= 4 is 11.3 Å². The molecule has 0 aromatic carbocycles. The van der Waals surface area contributed by atoms with Crippen molar-refractivity contribution in [2.45, 2.75) is 44.8 Å². The van der Waals surface area contributed by atoms with E-state index in [0.29, 0.717) is 6.10 Å². The lowest BCUT2D eigenvalue weighted by Crippen LogP contribution is -2.24. The van der Waals surface area contributed by atoms with Gasteiger partial charge in [0.15, 0.2) is 0 Å². The van der Waals surface area contributed by atoms with Crippen molar-refractivity contribution in [2.75, 3.05) is 13.2 Å². The van der Waals surface area contributed by atoms with Crippen LogP contribution in [0.4, 0.5) is 0 Å². The van der Waals surface area contributed by atoms with E-state index in [2.05, 4.69) is 22.1 Å². The summed E-state index contributed by atoms with van der Waals surface area (Å²) in [5.41, 5.74) is 1.38. The molecule has 1 saturated carbocycles. The zero-order valence-electron chi connectivity index (χ0n) is 9.78. The van der Waals surface area contributed by atoms with Crippen molar-refractivity contribution < 1.29 is 4.74 Å². The molecular formula is C13H21NOS. The summed E-state index contributed by atoms with van der Waals surface area (Å²) in [6, 6.07) is 2.17. The van der Waals surface area contributed by atoms with E-state index in [9.17, 15) is 0 Å². The highest BCUT2D eigenvalue weighted by molar-refractivity contribution is 7.07. The fraction of sp³-hybridized carbons (Fsp3) is 0.692. The summed E-state index contributed by atoms with van der Waals surface area (Å²) >= 11 is 1.75. The molecule has 0 bridgehead atoms. The Balaban J connectivity index is 1.48. The summed E-state index contributed by atoms with van der Waals surface area (Å²) in [5, 5.41) is 7.72. The summed E-state index contributed by atoms with van der Waals surface area (Å²) in [6.07, 6.45) is 7.18. The molecule has 1 heterocycles. The van der Waals surface area contributed by atoms with Crippen molar-refractivity contribution in [2.24, 2.45) is 0 Å². The van der Waals surface area contributed by atoms with Gasteiger partial charge in [0, 0.05) is 13.1 Å². The van der Waals surface area contributed by atoms with Crippen LogP contribution in [0.2, 0.25) is 0 Å². The van der Waals surface area contributed by atoms with Crippen LogP contribution in [0.5, 0.6) is 0 Å². The molecule has 2 rings (SSSR count). The van der Waals surface area contributed by atoms with Crippen molar-refractivity contribution in [1.82, 2.24) is 5.32 Å². The predicted octanol–water partition coefficient (Wildman–Crippen LogP) is 3.19. The normalized spacial score (nSPS) is 17.8. The second kappa shape index (κ2) is 7.05. The maximum Gasteiger partial charge on any atom is 0.0594 e. The molecular weight excluding hydrogens is 218 g/mol. The molecule has 0 unspecified atom stereocenters. The number of thiophene rings is 1. The summed E-state index contributed by atoms with van der Waals surface area (Å²) in [5.74, 6) is 0. The average molecular weight is 239 g/mol. The van der Waals surface area contributed by atoms with Gasteiger partial charge in [0.25, 0.3) is 0 Å². The average Bonchev–Trinajstić information content (AvgIpc) is 2.83. The Morgan fingerprint density at radius 2 is 2.19 bits per heavy atom. The fourth-order valence-corrected chi connectivity index (χ4v) is 2.82. The summed E-state index contributed by atoms with van der Waals surface area (Å²) in [6.45, 7) is 2.79.